The van der Waals surface area contributed by atoms with Gasteiger partial charge in [-0.3, -0.25) is 0 Å². The van der Waals surface area contributed by atoms with Crippen LogP contribution in [0.1, 0.15) is 45.5 Å². The fourth-order valence-corrected chi connectivity index (χ4v) is 2.52. The highest BCUT2D eigenvalue weighted by Gasteiger charge is 2.23. The van der Waals surface area contributed by atoms with E-state index in [0.29, 0.717) is 28.9 Å². The summed E-state index contributed by atoms with van der Waals surface area (Å²) in [6.45, 7) is 7.90. The molecule has 0 bridgehead atoms. The molecule has 1 unspecified atom stereocenters. The molecule has 2 aromatic carbocycles. The van der Waals surface area contributed by atoms with E-state index in [9.17, 15) is 4.39 Å². The molecule has 7 heteroatoms. The highest BCUT2D eigenvalue weighted by atomic mass is 19.1. The summed E-state index contributed by atoms with van der Waals surface area (Å²) < 4.78 is 30.7. The zero-order chi connectivity index (χ0) is 20.3. The molecule has 0 fully saturated rings. The number of methoxy groups -OCH3 is 1. The Kier molecular flexibility index (Phi) is 5.53. The molecule has 0 radical (unpaired) electrons. The van der Waals surface area contributed by atoms with Crippen LogP contribution in [-0.4, -0.2) is 17.3 Å². The van der Waals surface area contributed by atoms with Crippen LogP contribution in [-0.2, 0) is 5.41 Å². The number of aromatic nitrogens is 2. The number of anilines is 1. The van der Waals surface area contributed by atoms with Crippen LogP contribution < -0.4 is 14.8 Å². The molecule has 0 amide bonds. The van der Waals surface area contributed by atoms with Crippen LogP contribution in [0, 0.1) is 5.82 Å². The summed E-state index contributed by atoms with van der Waals surface area (Å²) >= 11 is 0. The molecule has 6 nitrogen and oxygen atoms in total. The SMILES string of the molecule is COc1ccccc1Oc1ccc(NC(C)c2nc(C(C)(C)C)no2)cc1F. The second-order valence-corrected chi connectivity index (χ2v) is 7.47. The zero-order valence-electron chi connectivity index (χ0n) is 16.6. The van der Waals surface area contributed by atoms with Crippen molar-refractivity contribution in [3.63, 3.8) is 0 Å². The van der Waals surface area contributed by atoms with Gasteiger partial charge in [0.1, 0.15) is 6.04 Å². The van der Waals surface area contributed by atoms with Crippen molar-refractivity contribution >= 4 is 5.69 Å². The summed E-state index contributed by atoms with van der Waals surface area (Å²) in [5.41, 5.74) is 0.373. The van der Waals surface area contributed by atoms with E-state index in [2.05, 4.69) is 15.5 Å². The van der Waals surface area contributed by atoms with Crippen molar-refractivity contribution in [2.75, 3.05) is 12.4 Å². The van der Waals surface area contributed by atoms with E-state index in [0.717, 1.165) is 0 Å². The number of nitrogens with one attached hydrogen (secondary N) is 1. The minimum Gasteiger partial charge on any atom is -0.493 e. The highest BCUT2D eigenvalue weighted by Crippen LogP contribution is 2.33. The Morgan fingerprint density at radius 1 is 1.07 bits per heavy atom. The van der Waals surface area contributed by atoms with Gasteiger partial charge in [-0.2, -0.15) is 4.98 Å². The zero-order valence-corrected chi connectivity index (χ0v) is 16.6. The molecule has 0 spiro atoms. The average molecular weight is 385 g/mol. The van der Waals surface area contributed by atoms with Crippen molar-refractivity contribution < 1.29 is 18.4 Å². The normalized spacial score (nSPS) is 12.5. The Morgan fingerprint density at radius 2 is 1.79 bits per heavy atom. The Balaban J connectivity index is 1.72. The minimum absolute atomic E-state index is 0.107. The van der Waals surface area contributed by atoms with Crippen molar-refractivity contribution in [2.24, 2.45) is 0 Å². The van der Waals surface area contributed by atoms with Crippen molar-refractivity contribution in [1.82, 2.24) is 10.1 Å². The number of nitrogens with zero attached hydrogens (tertiary/aromatic N) is 2. The first-order chi connectivity index (χ1) is 13.3. The summed E-state index contributed by atoms with van der Waals surface area (Å²) in [6, 6.07) is 11.5. The predicted molar refractivity (Wildman–Crippen MR) is 105 cm³/mol. The smallest absolute Gasteiger partial charge is 0.248 e. The lowest BCUT2D eigenvalue weighted by atomic mass is 9.96. The Labute approximate surface area is 163 Å². The van der Waals surface area contributed by atoms with Gasteiger partial charge in [0.2, 0.25) is 5.89 Å². The fourth-order valence-electron chi connectivity index (χ4n) is 2.52. The third kappa shape index (κ3) is 4.42. The van der Waals surface area contributed by atoms with Gasteiger partial charge in [0.05, 0.1) is 7.11 Å². The lowest BCUT2D eigenvalue weighted by molar-refractivity contribution is 0.354. The first-order valence-electron chi connectivity index (χ1n) is 8.99. The molecule has 3 rings (SSSR count). The van der Waals surface area contributed by atoms with Gasteiger partial charge in [-0.05, 0) is 31.2 Å². The number of para-hydroxylation sites is 2. The lowest BCUT2D eigenvalue weighted by Gasteiger charge is -2.14. The van der Waals surface area contributed by atoms with Crippen LogP contribution in [0.2, 0.25) is 0 Å². The van der Waals surface area contributed by atoms with Crippen LogP contribution in [0.25, 0.3) is 0 Å². The molecule has 148 valence electrons. The molecule has 1 aromatic heterocycles. The minimum atomic E-state index is -0.496. The van der Waals surface area contributed by atoms with Crippen LogP contribution in [0.3, 0.4) is 0 Å². The number of halogens is 1. The van der Waals surface area contributed by atoms with Crippen molar-refractivity contribution in [3.8, 4) is 17.2 Å². The second kappa shape index (κ2) is 7.88. The summed E-state index contributed by atoms with van der Waals surface area (Å²) in [6.07, 6.45) is 0. The van der Waals surface area contributed by atoms with Gasteiger partial charge in [0.25, 0.3) is 0 Å². The van der Waals surface area contributed by atoms with Gasteiger partial charge in [0, 0.05) is 17.2 Å². The maximum atomic E-state index is 14.5. The van der Waals surface area contributed by atoms with Crippen LogP contribution in [0.4, 0.5) is 10.1 Å². The number of hydrogen-bond acceptors (Lipinski definition) is 6. The molecule has 0 aliphatic rings. The van der Waals surface area contributed by atoms with E-state index in [1.165, 1.54) is 13.2 Å². The van der Waals surface area contributed by atoms with Gasteiger partial charge in [-0.15, -0.1) is 0 Å². The van der Waals surface area contributed by atoms with Crippen LogP contribution in [0.5, 0.6) is 17.2 Å². The number of benzene rings is 2. The molecule has 1 atom stereocenters. The molecule has 3 aromatic rings. The Hall–Kier alpha value is -3.09. The molecule has 0 saturated carbocycles. The predicted octanol–water partition coefficient (Wildman–Crippen LogP) is 5.48. The molecule has 1 heterocycles. The van der Waals surface area contributed by atoms with E-state index in [1.807, 2.05) is 33.8 Å². The summed E-state index contributed by atoms with van der Waals surface area (Å²) in [5.74, 6) is 1.66. The Morgan fingerprint density at radius 3 is 2.39 bits per heavy atom. The molecular weight excluding hydrogens is 361 g/mol. The summed E-state index contributed by atoms with van der Waals surface area (Å²) in [4.78, 5) is 4.42. The molecule has 0 saturated heterocycles. The van der Waals surface area contributed by atoms with E-state index >= 15 is 0 Å². The number of rotatable bonds is 6. The van der Waals surface area contributed by atoms with Crippen molar-refractivity contribution in [2.45, 2.75) is 39.2 Å². The molecule has 0 aliphatic carbocycles. The van der Waals surface area contributed by atoms with E-state index in [1.54, 1.807) is 30.3 Å². The number of ether oxygens (including phenoxy) is 2. The lowest BCUT2D eigenvalue weighted by Crippen LogP contribution is -2.14. The Bertz CT molecular complexity index is 950. The van der Waals surface area contributed by atoms with Gasteiger partial charge >= 0.3 is 0 Å². The molecular formula is C21H24FN3O3. The molecule has 1 N–H and O–H groups in total. The first kappa shape index (κ1) is 19.7. The molecule has 0 aliphatic heterocycles. The maximum absolute atomic E-state index is 14.5. The molecule has 28 heavy (non-hydrogen) atoms. The van der Waals surface area contributed by atoms with Gasteiger partial charge < -0.3 is 19.3 Å². The standard InChI is InChI=1S/C21H24FN3O3/c1-13(19-24-20(25-28-19)21(2,3)4)23-14-10-11-16(15(22)12-14)27-18-9-7-6-8-17(18)26-5/h6-13,23H,1-5H3. The third-order valence-electron chi connectivity index (χ3n) is 4.09. The van der Waals surface area contributed by atoms with E-state index in [-0.39, 0.29) is 17.2 Å². The van der Waals surface area contributed by atoms with Gasteiger partial charge in [0.15, 0.2) is 28.9 Å². The largest absolute Gasteiger partial charge is 0.493 e. The van der Waals surface area contributed by atoms with E-state index in [4.69, 9.17) is 14.0 Å². The summed E-state index contributed by atoms with van der Waals surface area (Å²) in [7, 11) is 1.54. The monoisotopic (exact) mass is 385 g/mol. The van der Waals surface area contributed by atoms with E-state index < -0.39 is 5.82 Å². The maximum Gasteiger partial charge on any atom is 0.248 e. The topological polar surface area (TPSA) is 69.4 Å². The van der Waals surface area contributed by atoms with Crippen LogP contribution >= 0.6 is 0 Å². The van der Waals surface area contributed by atoms with Gasteiger partial charge in [-0.1, -0.05) is 38.1 Å². The highest BCUT2D eigenvalue weighted by molar-refractivity contribution is 5.50. The fraction of sp³-hybridized carbons (Fsp3) is 0.333. The number of hydrogen-bond donors (Lipinski definition) is 1. The van der Waals surface area contributed by atoms with Gasteiger partial charge in [-0.25, -0.2) is 4.39 Å². The second-order valence-electron chi connectivity index (χ2n) is 7.47. The quantitative estimate of drug-likeness (QED) is 0.606. The summed E-state index contributed by atoms with van der Waals surface area (Å²) in [5, 5.41) is 7.17. The third-order valence-corrected chi connectivity index (χ3v) is 4.09. The van der Waals surface area contributed by atoms with Crippen molar-refractivity contribution in [3.05, 3.63) is 60.0 Å². The first-order valence-corrected chi connectivity index (χ1v) is 8.99. The van der Waals surface area contributed by atoms with Crippen LogP contribution in [0.15, 0.2) is 47.0 Å². The average Bonchev–Trinajstić information content (AvgIpc) is 3.15. The van der Waals surface area contributed by atoms with Crippen molar-refractivity contribution in [1.29, 1.82) is 0 Å².